The standard InChI is InChI=1S/C21H17FN2O3/c1-2-26-21(25)18-17(13-8-10-15(22)11-9-13)16(12-23)20(24)27-19(18)14-6-4-3-5-7-14/h3-11,16-17,24H,2H2,1H3. The maximum absolute atomic E-state index is 13.4. The SMILES string of the molecule is CCOC(=O)C1=C(c2ccccc2)OC(=N)C(C#N)C1c1ccc(F)cc1. The van der Waals surface area contributed by atoms with Crippen LogP contribution in [-0.4, -0.2) is 18.5 Å². The van der Waals surface area contributed by atoms with Crippen molar-refractivity contribution < 1.29 is 18.7 Å². The van der Waals surface area contributed by atoms with Crippen LogP contribution in [-0.2, 0) is 14.3 Å². The van der Waals surface area contributed by atoms with Gasteiger partial charge in [-0.2, -0.15) is 5.26 Å². The summed E-state index contributed by atoms with van der Waals surface area (Å²) in [5.41, 5.74) is 1.28. The Balaban J connectivity index is 2.26. The minimum atomic E-state index is -1.03. The Morgan fingerprint density at radius 2 is 1.89 bits per heavy atom. The molecule has 2 aromatic carbocycles. The molecule has 0 fully saturated rings. The largest absolute Gasteiger partial charge is 0.463 e. The first-order valence-electron chi connectivity index (χ1n) is 8.44. The van der Waals surface area contributed by atoms with E-state index in [9.17, 15) is 14.4 Å². The van der Waals surface area contributed by atoms with E-state index >= 15 is 0 Å². The van der Waals surface area contributed by atoms with Crippen LogP contribution in [0.25, 0.3) is 5.76 Å². The lowest BCUT2D eigenvalue weighted by Crippen LogP contribution is -2.33. The summed E-state index contributed by atoms with van der Waals surface area (Å²) < 4.78 is 24.2. The molecule has 1 aliphatic heterocycles. The van der Waals surface area contributed by atoms with Gasteiger partial charge in [0.15, 0.2) is 0 Å². The monoisotopic (exact) mass is 364 g/mol. The van der Waals surface area contributed by atoms with E-state index in [-0.39, 0.29) is 23.8 Å². The average Bonchev–Trinajstić information content (AvgIpc) is 2.68. The number of hydrogen-bond donors (Lipinski definition) is 1. The number of nitrogens with zero attached hydrogens (tertiary/aromatic N) is 1. The average molecular weight is 364 g/mol. The van der Waals surface area contributed by atoms with Crippen LogP contribution in [0.15, 0.2) is 60.2 Å². The van der Waals surface area contributed by atoms with Crippen LogP contribution >= 0.6 is 0 Å². The number of esters is 1. The van der Waals surface area contributed by atoms with Crippen LogP contribution in [0.1, 0.15) is 24.0 Å². The lowest BCUT2D eigenvalue weighted by molar-refractivity contribution is -0.139. The Kier molecular flexibility index (Phi) is 5.32. The number of ether oxygens (including phenoxy) is 2. The summed E-state index contributed by atoms with van der Waals surface area (Å²) >= 11 is 0. The van der Waals surface area contributed by atoms with Crippen LogP contribution in [0.5, 0.6) is 0 Å². The second kappa shape index (κ2) is 7.83. The summed E-state index contributed by atoms with van der Waals surface area (Å²) in [5, 5.41) is 17.8. The molecule has 0 saturated carbocycles. The molecule has 0 aromatic heterocycles. The quantitative estimate of drug-likeness (QED) is 0.830. The Morgan fingerprint density at radius 3 is 2.48 bits per heavy atom. The summed E-state index contributed by atoms with van der Waals surface area (Å²) in [6.07, 6.45) is 0. The van der Waals surface area contributed by atoms with Crippen molar-refractivity contribution in [2.75, 3.05) is 6.61 Å². The van der Waals surface area contributed by atoms with Crippen LogP contribution in [0.2, 0.25) is 0 Å². The van der Waals surface area contributed by atoms with Crippen LogP contribution < -0.4 is 0 Å². The van der Waals surface area contributed by atoms with Crippen molar-refractivity contribution >= 4 is 17.6 Å². The summed E-state index contributed by atoms with van der Waals surface area (Å²) in [6.45, 7) is 1.83. The van der Waals surface area contributed by atoms with Crippen molar-refractivity contribution in [3.63, 3.8) is 0 Å². The molecular formula is C21H17FN2O3. The fourth-order valence-electron chi connectivity index (χ4n) is 3.08. The molecule has 6 heteroatoms. The molecule has 5 nitrogen and oxygen atoms in total. The third-order valence-corrected chi connectivity index (χ3v) is 4.28. The van der Waals surface area contributed by atoms with E-state index in [2.05, 4.69) is 0 Å². The lowest BCUT2D eigenvalue weighted by atomic mass is 9.78. The van der Waals surface area contributed by atoms with E-state index in [1.165, 1.54) is 24.3 Å². The number of nitriles is 1. The molecule has 2 aromatic rings. The van der Waals surface area contributed by atoms with Gasteiger partial charge in [-0.25, -0.2) is 9.18 Å². The van der Waals surface area contributed by atoms with E-state index in [0.717, 1.165) is 0 Å². The van der Waals surface area contributed by atoms with Gasteiger partial charge in [0.25, 0.3) is 0 Å². The van der Waals surface area contributed by atoms with Gasteiger partial charge in [-0.05, 0) is 24.6 Å². The molecule has 1 heterocycles. The van der Waals surface area contributed by atoms with Crippen LogP contribution in [0.3, 0.4) is 0 Å². The molecule has 0 amide bonds. The van der Waals surface area contributed by atoms with Gasteiger partial charge in [0.2, 0.25) is 5.90 Å². The third-order valence-electron chi connectivity index (χ3n) is 4.28. The summed E-state index contributed by atoms with van der Waals surface area (Å²) in [4.78, 5) is 12.8. The van der Waals surface area contributed by atoms with Gasteiger partial charge in [-0.1, -0.05) is 42.5 Å². The van der Waals surface area contributed by atoms with Crippen molar-refractivity contribution in [3.05, 3.63) is 77.1 Å². The first-order chi connectivity index (χ1) is 13.1. The number of carbonyl (C=O) groups is 1. The van der Waals surface area contributed by atoms with Crippen LogP contribution in [0, 0.1) is 28.5 Å². The number of hydrogen-bond acceptors (Lipinski definition) is 5. The Hall–Kier alpha value is -3.46. The van der Waals surface area contributed by atoms with Gasteiger partial charge in [0.1, 0.15) is 17.5 Å². The van der Waals surface area contributed by atoms with Gasteiger partial charge >= 0.3 is 5.97 Å². The van der Waals surface area contributed by atoms with Gasteiger partial charge in [-0.3, -0.25) is 5.41 Å². The minimum absolute atomic E-state index is 0.148. The highest BCUT2D eigenvalue weighted by Gasteiger charge is 2.42. The molecule has 3 rings (SSSR count). The highest BCUT2D eigenvalue weighted by Crippen LogP contribution is 2.42. The van der Waals surface area contributed by atoms with Gasteiger partial charge in [-0.15, -0.1) is 0 Å². The molecule has 0 aliphatic carbocycles. The second-order valence-electron chi connectivity index (χ2n) is 5.93. The van der Waals surface area contributed by atoms with E-state index in [4.69, 9.17) is 14.9 Å². The van der Waals surface area contributed by atoms with Gasteiger partial charge in [0.05, 0.1) is 18.2 Å². The molecule has 2 unspecified atom stereocenters. The number of carbonyl (C=O) groups excluding carboxylic acids is 1. The number of nitrogens with one attached hydrogen (secondary N) is 1. The van der Waals surface area contributed by atoms with E-state index in [0.29, 0.717) is 11.1 Å². The molecule has 2 atom stereocenters. The van der Waals surface area contributed by atoms with E-state index in [1.807, 2.05) is 12.1 Å². The molecule has 0 radical (unpaired) electrons. The van der Waals surface area contributed by atoms with Crippen molar-refractivity contribution in [2.24, 2.45) is 5.92 Å². The number of benzene rings is 2. The first-order valence-corrected chi connectivity index (χ1v) is 8.44. The highest BCUT2D eigenvalue weighted by atomic mass is 19.1. The highest BCUT2D eigenvalue weighted by molar-refractivity contribution is 6.03. The van der Waals surface area contributed by atoms with Gasteiger partial charge in [0, 0.05) is 11.5 Å². The van der Waals surface area contributed by atoms with Crippen LogP contribution in [0.4, 0.5) is 4.39 Å². The smallest absolute Gasteiger partial charge is 0.338 e. The van der Waals surface area contributed by atoms with Crippen molar-refractivity contribution in [3.8, 4) is 6.07 Å². The molecule has 0 spiro atoms. The lowest BCUT2D eigenvalue weighted by Gasteiger charge is -2.31. The normalized spacial score (nSPS) is 19.2. The fourth-order valence-corrected chi connectivity index (χ4v) is 3.08. The topological polar surface area (TPSA) is 83.2 Å². The maximum Gasteiger partial charge on any atom is 0.338 e. The van der Waals surface area contributed by atoms with Crippen molar-refractivity contribution in [1.82, 2.24) is 0 Å². The predicted molar refractivity (Wildman–Crippen MR) is 97.1 cm³/mol. The first kappa shape index (κ1) is 18.3. The Morgan fingerprint density at radius 1 is 1.22 bits per heavy atom. The zero-order valence-corrected chi connectivity index (χ0v) is 14.6. The zero-order valence-electron chi connectivity index (χ0n) is 14.6. The van der Waals surface area contributed by atoms with Crippen molar-refractivity contribution in [1.29, 1.82) is 10.7 Å². The zero-order chi connectivity index (χ0) is 19.4. The number of halogens is 1. The summed E-state index contributed by atoms with van der Waals surface area (Å²) in [5.74, 6) is -2.97. The van der Waals surface area contributed by atoms with Gasteiger partial charge < -0.3 is 9.47 Å². The minimum Gasteiger partial charge on any atom is -0.463 e. The maximum atomic E-state index is 13.4. The predicted octanol–water partition coefficient (Wildman–Crippen LogP) is 4.03. The summed E-state index contributed by atoms with van der Waals surface area (Å²) in [7, 11) is 0. The number of rotatable bonds is 4. The molecule has 1 N–H and O–H groups in total. The molecule has 27 heavy (non-hydrogen) atoms. The second-order valence-corrected chi connectivity index (χ2v) is 5.93. The van der Waals surface area contributed by atoms with E-state index < -0.39 is 23.6 Å². The van der Waals surface area contributed by atoms with E-state index in [1.54, 1.807) is 31.2 Å². The Bertz CT molecular complexity index is 930. The molecule has 136 valence electrons. The van der Waals surface area contributed by atoms with Crippen molar-refractivity contribution in [2.45, 2.75) is 12.8 Å². The molecule has 1 aliphatic rings. The third kappa shape index (κ3) is 3.58. The molecular weight excluding hydrogens is 347 g/mol. The summed E-state index contributed by atoms with van der Waals surface area (Å²) in [6, 6.07) is 16.4. The fraction of sp³-hybridized carbons (Fsp3) is 0.190. The molecule has 0 saturated heterocycles. The Labute approximate surface area is 156 Å². The molecule has 0 bridgehead atoms.